The van der Waals surface area contributed by atoms with Crippen molar-refractivity contribution in [3.8, 4) is 0 Å². The summed E-state index contributed by atoms with van der Waals surface area (Å²) in [7, 11) is 1.90. The summed E-state index contributed by atoms with van der Waals surface area (Å²) in [6, 6.07) is 0.221. The fourth-order valence-electron chi connectivity index (χ4n) is 2.12. The average molecular weight is 230 g/mol. The van der Waals surface area contributed by atoms with Crippen molar-refractivity contribution >= 4 is 0 Å². The van der Waals surface area contributed by atoms with Gasteiger partial charge in [0.25, 0.3) is 0 Å². The van der Waals surface area contributed by atoms with Gasteiger partial charge in [0.1, 0.15) is 0 Å². The number of hydrogen-bond donors (Lipinski definition) is 2. The van der Waals surface area contributed by atoms with Crippen LogP contribution in [0.2, 0.25) is 0 Å². The van der Waals surface area contributed by atoms with Crippen molar-refractivity contribution in [2.75, 3.05) is 39.9 Å². The predicted molar refractivity (Wildman–Crippen MR) is 65.6 cm³/mol. The fraction of sp³-hybridized carbons (Fsp3) is 1.00. The summed E-state index contributed by atoms with van der Waals surface area (Å²) < 4.78 is 5.64. The van der Waals surface area contributed by atoms with Crippen LogP contribution in [0.1, 0.15) is 26.2 Å². The molecule has 0 aromatic rings. The Labute approximate surface area is 99.0 Å². The van der Waals surface area contributed by atoms with E-state index in [0.717, 1.165) is 32.7 Å². The molecule has 0 saturated carbocycles. The maximum absolute atomic E-state index is 9.09. The quantitative estimate of drug-likeness (QED) is 0.636. The van der Waals surface area contributed by atoms with E-state index in [1.807, 2.05) is 7.05 Å². The van der Waals surface area contributed by atoms with E-state index in [1.165, 1.54) is 12.8 Å². The van der Waals surface area contributed by atoms with E-state index in [0.29, 0.717) is 6.10 Å². The molecule has 1 aliphatic heterocycles. The normalized spacial score (nSPS) is 22.9. The molecule has 1 saturated heterocycles. The number of likely N-dealkylation sites (N-methyl/N-ethyl adjacent to an activating group) is 2. The van der Waals surface area contributed by atoms with Gasteiger partial charge in [-0.2, -0.15) is 0 Å². The third kappa shape index (κ3) is 4.78. The lowest BCUT2D eigenvalue weighted by atomic mass is 10.2. The highest BCUT2D eigenvalue weighted by Crippen LogP contribution is 2.13. The number of ether oxygens (including phenoxy) is 1. The van der Waals surface area contributed by atoms with Crippen LogP contribution in [0, 0.1) is 0 Å². The molecule has 1 aliphatic rings. The third-order valence-electron chi connectivity index (χ3n) is 3.36. The van der Waals surface area contributed by atoms with Crippen molar-refractivity contribution in [3.63, 3.8) is 0 Å². The largest absolute Gasteiger partial charge is 0.395 e. The molecule has 2 atom stereocenters. The van der Waals surface area contributed by atoms with Crippen LogP contribution in [0.15, 0.2) is 0 Å². The standard InChI is InChI=1S/C12H26N2O2/c1-3-14(7-6-11(10-15)13-2)9-12-5-4-8-16-12/h11-13,15H,3-10H2,1-2H3. The summed E-state index contributed by atoms with van der Waals surface area (Å²) in [5.74, 6) is 0. The Morgan fingerprint density at radius 2 is 2.38 bits per heavy atom. The zero-order valence-electron chi connectivity index (χ0n) is 10.6. The minimum Gasteiger partial charge on any atom is -0.395 e. The first-order valence-electron chi connectivity index (χ1n) is 6.42. The molecule has 0 amide bonds. The Balaban J connectivity index is 2.19. The van der Waals surface area contributed by atoms with Crippen LogP contribution in [0.25, 0.3) is 0 Å². The van der Waals surface area contributed by atoms with Gasteiger partial charge < -0.3 is 20.1 Å². The predicted octanol–water partition coefficient (Wildman–Crippen LogP) is 0.458. The smallest absolute Gasteiger partial charge is 0.0702 e. The van der Waals surface area contributed by atoms with Crippen molar-refractivity contribution < 1.29 is 9.84 Å². The van der Waals surface area contributed by atoms with Gasteiger partial charge >= 0.3 is 0 Å². The molecule has 4 nitrogen and oxygen atoms in total. The lowest BCUT2D eigenvalue weighted by molar-refractivity contribution is 0.0726. The lowest BCUT2D eigenvalue weighted by Crippen LogP contribution is -2.37. The van der Waals surface area contributed by atoms with Crippen molar-refractivity contribution in [2.45, 2.75) is 38.3 Å². The van der Waals surface area contributed by atoms with Crippen LogP contribution in [0.4, 0.5) is 0 Å². The van der Waals surface area contributed by atoms with Gasteiger partial charge in [-0.3, -0.25) is 0 Å². The molecule has 0 aliphatic carbocycles. The van der Waals surface area contributed by atoms with Crippen molar-refractivity contribution in [2.24, 2.45) is 0 Å². The van der Waals surface area contributed by atoms with E-state index in [9.17, 15) is 0 Å². The zero-order chi connectivity index (χ0) is 11.8. The molecule has 2 N–H and O–H groups in total. The van der Waals surface area contributed by atoms with Gasteiger partial charge in [-0.15, -0.1) is 0 Å². The molecule has 4 heteroatoms. The summed E-state index contributed by atoms with van der Waals surface area (Å²) in [5, 5.41) is 12.2. The van der Waals surface area contributed by atoms with E-state index in [1.54, 1.807) is 0 Å². The van der Waals surface area contributed by atoms with E-state index < -0.39 is 0 Å². The Morgan fingerprint density at radius 3 is 2.88 bits per heavy atom. The summed E-state index contributed by atoms with van der Waals surface area (Å²) in [6.07, 6.45) is 3.83. The van der Waals surface area contributed by atoms with Crippen LogP contribution in [-0.2, 0) is 4.74 Å². The molecule has 0 radical (unpaired) electrons. The van der Waals surface area contributed by atoms with E-state index in [-0.39, 0.29) is 12.6 Å². The number of aliphatic hydroxyl groups excluding tert-OH is 1. The molecule has 1 rings (SSSR count). The lowest BCUT2D eigenvalue weighted by Gasteiger charge is -2.25. The highest BCUT2D eigenvalue weighted by molar-refractivity contribution is 4.72. The SMILES string of the molecule is CCN(CCC(CO)NC)CC1CCCO1. The Kier molecular flexibility index (Phi) is 6.96. The molecule has 1 fully saturated rings. The third-order valence-corrected chi connectivity index (χ3v) is 3.36. The average Bonchev–Trinajstić information content (AvgIpc) is 2.81. The van der Waals surface area contributed by atoms with Gasteiger partial charge in [0.2, 0.25) is 0 Å². The minimum atomic E-state index is 0.216. The molecular weight excluding hydrogens is 204 g/mol. The van der Waals surface area contributed by atoms with Gasteiger partial charge in [-0.25, -0.2) is 0 Å². The Hall–Kier alpha value is -0.160. The van der Waals surface area contributed by atoms with Gasteiger partial charge in [0.15, 0.2) is 0 Å². The summed E-state index contributed by atoms with van der Waals surface area (Å²) in [5.41, 5.74) is 0. The highest BCUT2D eigenvalue weighted by Gasteiger charge is 2.18. The Bertz CT molecular complexity index is 168. The van der Waals surface area contributed by atoms with Gasteiger partial charge in [-0.1, -0.05) is 6.92 Å². The highest BCUT2D eigenvalue weighted by atomic mass is 16.5. The molecule has 0 aromatic carbocycles. The second kappa shape index (κ2) is 8.01. The molecule has 96 valence electrons. The van der Waals surface area contributed by atoms with E-state index in [2.05, 4.69) is 17.1 Å². The zero-order valence-corrected chi connectivity index (χ0v) is 10.6. The van der Waals surface area contributed by atoms with Crippen LogP contribution in [0.5, 0.6) is 0 Å². The summed E-state index contributed by atoms with van der Waals surface area (Å²) >= 11 is 0. The maximum Gasteiger partial charge on any atom is 0.0702 e. The summed E-state index contributed by atoms with van der Waals surface area (Å²) in [4.78, 5) is 2.41. The number of rotatable bonds is 8. The van der Waals surface area contributed by atoms with E-state index >= 15 is 0 Å². The van der Waals surface area contributed by atoms with Crippen LogP contribution in [0.3, 0.4) is 0 Å². The second-order valence-corrected chi connectivity index (χ2v) is 4.49. The first kappa shape index (κ1) is 13.9. The molecule has 16 heavy (non-hydrogen) atoms. The molecule has 0 bridgehead atoms. The number of aliphatic hydroxyl groups is 1. The molecular formula is C12H26N2O2. The van der Waals surface area contributed by atoms with Gasteiger partial charge in [0, 0.05) is 19.2 Å². The number of nitrogens with one attached hydrogen (secondary N) is 1. The molecule has 1 heterocycles. The molecule has 0 aromatic heterocycles. The number of hydrogen-bond acceptors (Lipinski definition) is 4. The Morgan fingerprint density at radius 1 is 1.56 bits per heavy atom. The van der Waals surface area contributed by atoms with Crippen molar-refractivity contribution in [1.29, 1.82) is 0 Å². The van der Waals surface area contributed by atoms with Gasteiger partial charge in [0.05, 0.1) is 12.7 Å². The monoisotopic (exact) mass is 230 g/mol. The van der Waals surface area contributed by atoms with Crippen LogP contribution < -0.4 is 5.32 Å². The van der Waals surface area contributed by atoms with Crippen molar-refractivity contribution in [1.82, 2.24) is 10.2 Å². The minimum absolute atomic E-state index is 0.216. The first-order valence-corrected chi connectivity index (χ1v) is 6.42. The molecule has 2 unspecified atom stereocenters. The first-order chi connectivity index (χ1) is 7.80. The van der Waals surface area contributed by atoms with Crippen LogP contribution >= 0.6 is 0 Å². The van der Waals surface area contributed by atoms with Crippen molar-refractivity contribution in [3.05, 3.63) is 0 Å². The maximum atomic E-state index is 9.09. The fourth-order valence-corrected chi connectivity index (χ4v) is 2.12. The second-order valence-electron chi connectivity index (χ2n) is 4.49. The van der Waals surface area contributed by atoms with Gasteiger partial charge in [-0.05, 0) is 39.4 Å². The topological polar surface area (TPSA) is 44.7 Å². The van der Waals surface area contributed by atoms with Crippen LogP contribution in [-0.4, -0.2) is 62.0 Å². The van der Waals surface area contributed by atoms with E-state index in [4.69, 9.17) is 9.84 Å². The summed E-state index contributed by atoms with van der Waals surface area (Å²) in [6.45, 7) is 6.46. The molecule has 0 spiro atoms. The number of nitrogens with zero attached hydrogens (tertiary/aromatic N) is 1.